The number of aromatic nitrogens is 4. The molecule has 4 heteroatoms. The van der Waals surface area contributed by atoms with Crippen molar-refractivity contribution in [2.45, 2.75) is 13.1 Å². The van der Waals surface area contributed by atoms with Gasteiger partial charge in [0.25, 0.3) is 0 Å². The fourth-order valence-electron chi connectivity index (χ4n) is 1.59. The van der Waals surface area contributed by atoms with Gasteiger partial charge in [-0.15, -0.1) is 0 Å². The smallest absolute Gasteiger partial charge is 0.0952 e. The van der Waals surface area contributed by atoms with Gasteiger partial charge in [0.05, 0.1) is 37.1 Å². The highest BCUT2D eigenvalue weighted by Crippen LogP contribution is 2.13. The van der Waals surface area contributed by atoms with Crippen molar-refractivity contribution in [3.63, 3.8) is 0 Å². The van der Waals surface area contributed by atoms with E-state index in [0.717, 1.165) is 13.1 Å². The Labute approximate surface area is 69.5 Å². The first-order chi connectivity index (χ1) is 5.93. The quantitative estimate of drug-likeness (QED) is 0.479. The Morgan fingerprint density at radius 1 is 0.917 bits per heavy atom. The second-order valence-corrected chi connectivity index (χ2v) is 3.03. The van der Waals surface area contributed by atoms with Gasteiger partial charge in [0.1, 0.15) is 0 Å². The Kier molecular flexibility index (Phi) is 0.983. The molecule has 0 aliphatic carbocycles. The highest BCUT2D eigenvalue weighted by Gasteiger charge is 2.13. The molecule has 2 aromatic heterocycles. The van der Waals surface area contributed by atoms with Gasteiger partial charge < -0.3 is 9.13 Å². The summed E-state index contributed by atoms with van der Waals surface area (Å²) in [5.41, 5.74) is 2.50. The van der Waals surface area contributed by atoms with E-state index in [0.29, 0.717) is 0 Å². The maximum absolute atomic E-state index is 4.10. The normalized spacial score (nSPS) is 14.0. The Morgan fingerprint density at radius 3 is 1.92 bits per heavy atom. The lowest BCUT2D eigenvalue weighted by Crippen LogP contribution is -2.16. The highest BCUT2D eigenvalue weighted by molar-refractivity contribution is 5.11. The van der Waals surface area contributed by atoms with E-state index in [9.17, 15) is 0 Å². The molecule has 0 unspecified atom stereocenters. The summed E-state index contributed by atoms with van der Waals surface area (Å²) in [6, 6.07) is 0. The third kappa shape index (κ3) is 0.664. The lowest BCUT2D eigenvalue weighted by atomic mass is 10.3. The van der Waals surface area contributed by atoms with Crippen molar-refractivity contribution in [1.29, 1.82) is 0 Å². The number of imidazole rings is 2. The maximum atomic E-state index is 4.10. The van der Waals surface area contributed by atoms with E-state index in [1.54, 1.807) is 0 Å². The predicted octanol–water partition coefficient (Wildman–Crippen LogP) is 0.490. The summed E-state index contributed by atoms with van der Waals surface area (Å²) in [6.45, 7) is 1.80. The molecule has 1 aliphatic heterocycles. The molecule has 0 saturated heterocycles. The average Bonchev–Trinajstić information content (AvgIpc) is 2.64. The molecule has 0 aromatic carbocycles. The van der Waals surface area contributed by atoms with E-state index >= 15 is 0 Å². The molecule has 0 atom stereocenters. The molecular weight excluding hydrogens is 152 g/mol. The zero-order valence-corrected chi connectivity index (χ0v) is 6.51. The third-order valence-electron chi connectivity index (χ3n) is 2.26. The van der Waals surface area contributed by atoms with E-state index < -0.39 is 0 Å². The first-order valence-corrected chi connectivity index (χ1v) is 3.91. The minimum absolute atomic E-state index is 0.898. The number of nitrogens with zero attached hydrogens (tertiary/aromatic N) is 4. The molecular formula is C8H8N4. The summed E-state index contributed by atoms with van der Waals surface area (Å²) in [5.74, 6) is 0. The summed E-state index contributed by atoms with van der Waals surface area (Å²) in [5, 5.41) is 0. The molecule has 0 N–H and O–H groups in total. The topological polar surface area (TPSA) is 35.6 Å². The Hall–Kier alpha value is -1.58. The lowest BCUT2D eigenvalue weighted by Gasteiger charge is -2.16. The van der Waals surface area contributed by atoms with Crippen LogP contribution in [-0.2, 0) is 13.1 Å². The van der Waals surface area contributed by atoms with E-state index in [4.69, 9.17) is 0 Å². The minimum atomic E-state index is 0.898. The second-order valence-electron chi connectivity index (χ2n) is 3.03. The number of hydrogen-bond acceptors (Lipinski definition) is 2. The third-order valence-corrected chi connectivity index (χ3v) is 2.26. The van der Waals surface area contributed by atoms with Crippen LogP contribution >= 0.6 is 0 Å². The standard InChI is InChI=1S/C8H8N4/c1-7-3-12-6-10-2-8(12)4-11(7)5-9-1/h1-2,5-6H,3-4H2. The molecule has 1 aliphatic rings. The van der Waals surface area contributed by atoms with Crippen LogP contribution in [0.1, 0.15) is 11.4 Å². The SMILES string of the molecule is c1ncn2c1Cn1cncc1C2. The van der Waals surface area contributed by atoms with Gasteiger partial charge in [-0.25, -0.2) is 9.97 Å². The Morgan fingerprint density at radius 2 is 1.42 bits per heavy atom. The van der Waals surface area contributed by atoms with Gasteiger partial charge in [-0.05, 0) is 0 Å². The molecule has 3 rings (SSSR count). The molecule has 0 amide bonds. The van der Waals surface area contributed by atoms with Crippen LogP contribution in [0, 0.1) is 0 Å². The van der Waals surface area contributed by atoms with E-state index in [-0.39, 0.29) is 0 Å². The van der Waals surface area contributed by atoms with Crippen molar-refractivity contribution >= 4 is 0 Å². The fourth-order valence-corrected chi connectivity index (χ4v) is 1.59. The number of fused-ring (bicyclic) bond motifs is 2. The molecule has 0 bridgehead atoms. The molecule has 0 radical (unpaired) electrons. The van der Waals surface area contributed by atoms with E-state index in [2.05, 4.69) is 19.1 Å². The number of rotatable bonds is 0. The van der Waals surface area contributed by atoms with E-state index in [1.807, 2.05) is 25.0 Å². The molecule has 3 heterocycles. The van der Waals surface area contributed by atoms with Crippen LogP contribution in [-0.4, -0.2) is 19.1 Å². The summed E-state index contributed by atoms with van der Waals surface area (Å²) in [4.78, 5) is 8.19. The van der Waals surface area contributed by atoms with Gasteiger partial charge >= 0.3 is 0 Å². The molecule has 0 spiro atoms. The largest absolute Gasteiger partial charge is 0.327 e. The van der Waals surface area contributed by atoms with Crippen molar-refractivity contribution in [2.75, 3.05) is 0 Å². The number of hydrogen-bond donors (Lipinski definition) is 0. The summed E-state index contributed by atoms with van der Waals surface area (Å²) < 4.78 is 4.30. The zero-order valence-electron chi connectivity index (χ0n) is 6.51. The summed E-state index contributed by atoms with van der Waals surface area (Å²) >= 11 is 0. The van der Waals surface area contributed by atoms with Gasteiger partial charge in [0.2, 0.25) is 0 Å². The molecule has 2 aromatic rings. The first kappa shape index (κ1) is 5.99. The second kappa shape index (κ2) is 1.97. The fraction of sp³-hybridized carbons (Fsp3) is 0.250. The van der Waals surface area contributed by atoms with Gasteiger partial charge in [-0.3, -0.25) is 0 Å². The van der Waals surface area contributed by atoms with Crippen molar-refractivity contribution in [3.8, 4) is 0 Å². The lowest BCUT2D eigenvalue weighted by molar-refractivity contribution is 0.590. The van der Waals surface area contributed by atoms with E-state index in [1.165, 1.54) is 11.4 Å². The van der Waals surface area contributed by atoms with Crippen LogP contribution in [0.3, 0.4) is 0 Å². The van der Waals surface area contributed by atoms with Crippen LogP contribution in [0.4, 0.5) is 0 Å². The monoisotopic (exact) mass is 160 g/mol. The first-order valence-electron chi connectivity index (χ1n) is 3.91. The highest BCUT2D eigenvalue weighted by atomic mass is 15.2. The van der Waals surface area contributed by atoms with Gasteiger partial charge in [-0.2, -0.15) is 0 Å². The van der Waals surface area contributed by atoms with Crippen molar-refractivity contribution in [2.24, 2.45) is 0 Å². The van der Waals surface area contributed by atoms with Gasteiger partial charge in [0, 0.05) is 12.4 Å². The molecule has 12 heavy (non-hydrogen) atoms. The van der Waals surface area contributed by atoms with Crippen molar-refractivity contribution in [3.05, 3.63) is 36.4 Å². The van der Waals surface area contributed by atoms with Gasteiger partial charge in [0.15, 0.2) is 0 Å². The summed E-state index contributed by atoms with van der Waals surface area (Å²) in [7, 11) is 0. The Bertz CT molecular complexity index is 339. The zero-order chi connectivity index (χ0) is 7.97. The van der Waals surface area contributed by atoms with Crippen LogP contribution in [0.15, 0.2) is 25.0 Å². The van der Waals surface area contributed by atoms with Crippen LogP contribution in [0.25, 0.3) is 0 Å². The molecule has 0 saturated carbocycles. The Balaban J connectivity index is 2.15. The van der Waals surface area contributed by atoms with Crippen molar-refractivity contribution in [1.82, 2.24) is 19.1 Å². The average molecular weight is 160 g/mol. The van der Waals surface area contributed by atoms with Gasteiger partial charge in [-0.1, -0.05) is 0 Å². The maximum Gasteiger partial charge on any atom is 0.0952 e. The van der Waals surface area contributed by atoms with Crippen LogP contribution < -0.4 is 0 Å². The van der Waals surface area contributed by atoms with Crippen LogP contribution in [0.2, 0.25) is 0 Å². The molecule has 4 nitrogen and oxygen atoms in total. The molecule has 60 valence electrons. The van der Waals surface area contributed by atoms with Crippen LogP contribution in [0.5, 0.6) is 0 Å². The molecule has 0 fully saturated rings. The predicted molar refractivity (Wildman–Crippen MR) is 42.7 cm³/mol. The van der Waals surface area contributed by atoms with Crippen molar-refractivity contribution < 1.29 is 0 Å². The minimum Gasteiger partial charge on any atom is -0.327 e. The summed E-state index contributed by atoms with van der Waals surface area (Å²) in [6.07, 6.45) is 7.55.